The average Bonchev–Trinajstić information content (AvgIpc) is 2.78. The van der Waals surface area contributed by atoms with Gasteiger partial charge in [0.15, 0.2) is 0 Å². The molecule has 0 unspecified atom stereocenters. The van der Waals surface area contributed by atoms with Gasteiger partial charge in [0, 0.05) is 6.20 Å². The Hall–Kier alpha value is -3.22. The maximum Gasteiger partial charge on any atom is 0.338 e. The van der Waals surface area contributed by atoms with Gasteiger partial charge in [0.25, 0.3) is 5.91 Å². The molecule has 1 N–H and O–H groups in total. The highest BCUT2D eigenvalue weighted by Gasteiger charge is 2.46. The fraction of sp³-hybridized carbons (Fsp3) is 0.364. The van der Waals surface area contributed by atoms with Crippen LogP contribution in [0.4, 0.5) is 0 Å². The first kappa shape index (κ1) is 20.5. The van der Waals surface area contributed by atoms with Gasteiger partial charge in [-0.2, -0.15) is 0 Å². The van der Waals surface area contributed by atoms with Crippen LogP contribution in [0.15, 0.2) is 48.7 Å². The van der Waals surface area contributed by atoms with Gasteiger partial charge in [-0.1, -0.05) is 24.3 Å². The maximum absolute atomic E-state index is 12.8. The number of carbonyl (C=O) groups excluding carboxylic acids is 3. The molecule has 0 aliphatic heterocycles. The lowest BCUT2D eigenvalue weighted by atomic mass is 9.72. The molecule has 1 heterocycles. The molecule has 1 fully saturated rings. The van der Waals surface area contributed by atoms with Gasteiger partial charge in [-0.05, 0) is 55.4 Å². The van der Waals surface area contributed by atoms with Crippen LogP contribution < -0.4 is 5.32 Å². The van der Waals surface area contributed by atoms with Crippen molar-refractivity contribution in [2.45, 2.75) is 37.1 Å². The molecule has 152 valence electrons. The van der Waals surface area contributed by atoms with Crippen molar-refractivity contribution < 1.29 is 23.9 Å². The number of hydrogen-bond acceptors (Lipinski definition) is 6. The minimum Gasteiger partial charge on any atom is -0.467 e. The maximum atomic E-state index is 12.8. The molecule has 1 aromatic carbocycles. The van der Waals surface area contributed by atoms with Crippen LogP contribution in [-0.4, -0.2) is 42.6 Å². The molecule has 1 aliphatic carbocycles. The van der Waals surface area contributed by atoms with Crippen molar-refractivity contribution in [1.82, 2.24) is 10.3 Å². The van der Waals surface area contributed by atoms with Crippen LogP contribution in [0, 0.1) is 0 Å². The number of benzene rings is 1. The number of nitrogens with zero attached hydrogens (tertiary/aromatic N) is 1. The van der Waals surface area contributed by atoms with Crippen LogP contribution in [0.1, 0.15) is 58.0 Å². The van der Waals surface area contributed by atoms with Crippen molar-refractivity contribution in [2.24, 2.45) is 0 Å². The monoisotopic (exact) mass is 396 g/mol. The largest absolute Gasteiger partial charge is 0.467 e. The lowest BCUT2D eigenvalue weighted by Crippen LogP contribution is -2.57. The Morgan fingerprint density at radius 1 is 1.07 bits per heavy atom. The summed E-state index contributed by atoms with van der Waals surface area (Å²) in [6, 6.07) is 12.2. The number of carbonyl (C=O) groups is 3. The van der Waals surface area contributed by atoms with Crippen LogP contribution in [0.25, 0.3) is 0 Å². The number of amides is 1. The predicted octanol–water partition coefficient (Wildman–Crippen LogP) is 2.87. The quantitative estimate of drug-likeness (QED) is 0.781. The van der Waals surface area contributed by atoms with Gasteiger partial charge in [-0.25, -0.2) is 9.59 Å². The van der Waals surface area contributed by atoms with E-state index in [2.05, 4.69) is 10.3 Å². The van der Waals surface area contributed by atoms with Crippen molar-refractivity contribution >= 4 is 17.8 Å². The van der Waals surface area contributed by atoms with Gasteiger partial charge < -0.3 is 14.8 Å². The number of esters is 2. The fourth-order valence-corrected chi connectivity index (χ4v) is 4.01. The summed E-state index contributed by atoms with van der Waals surface area (Å²) in [5.74, 6) is -1.46. The van der Waals surface area contributed by atoms with Gasteiger partial charge in [0.05, 0.1) is 19.8 Å². The van der Waals surface area contributed by atoms with E-state index in [1.165, 1.54) is 20.4 Å². The number of ether oxygens (including phenoxy) is 2. The second-order valence-electron chi connectivity index (χ2n) is 7.11. The Balaban J connectivity index is 1.92. The van der Waals surface area contributed by atoms with E-state index in [1.54, 1.807) is 30.3 Å². The summed E-state index contributed by atoms with van der Waals surface area (Å²) in [6.07, 6.45) is 3.78. The Morgan fingerprint density at radius 3 is 2.52 bits per heavy atom. The molecule has 1 aliphatic rings. The average molecular weight is 396 g/mol. The van der Waals surface area contributed by atoms with E-state index in [-0.39, 0.29) is 11.6 Å². The minimum absolute atomic E-state index is 0.109. The number of nitrogens with one attached hydrogen (secondary N) is 1. The molecule has 3 rings (SSSR count). The highest BCUT2D eigenvalue weighted by molar-refractivity contribution is 5.97. The summed E-state index contributed by atoms with van der Waals surface area (Å²) >= 11 is 0. The Morgan fingerprint density at radius 2 is 1.83 bits per heavy atom. The van der Waals surface area contributed by atoms with Crippen LogP contribution in [-0.2, 0) is 14.3 Å². The molecule has 0 spiro atoms. The molecular formula is C22H24N2O5. The minimum atomic E-state index is -1.19. The molecule has 29 heavy (non-hydrogen) atoms. The molecule has 2 aromatic rings. The van der Waals surface area contributed by atoms with Gasteiger partial charge in [0.2, 0.25) is 0 Å². The molecule has 1 aromatic heterocycles. The van der Waals surface area contributed by atoms with Crippen LogP contribution in [0.2, 0.25) is 0 Å². The number of rotatable bonds is 5. The van der Waals surface area contributed by atoms with E-state index >= 15 is 0 Å². The normalized spacial score (nSPS) is 21.1. The summed E-state index contributed by atoms with van der Waals surface area (Å²) in [5.41, 5.74) is 0.319. The van der Waals surface area contributed by atoms with Crippen LogP contribution in [0.5, 0.6) is 0 Å². The lowest BCUT2D eigenvalue weighted by Gasteiger charge is -2.39. The van der Waals surface area contributed by atoms with Crippen LogP contribution in [0.3, 0.4) is 0 Å². The van der Waals surface area contributed by atoms with Gasteiger partial charge in [-0.15, -0.1) is 0 Å². The van der Waals surface area contributed by atoms with E-state index in [4.69, 9.17) is 9.47 Å². The lowest BCUT2D eigenvalue weighted by molar-refractivity contribution is -0.150. The molecule has 1 saturated carbocycles. The first-order valence-electron chi connectivity index (χ1n) is 9.50. The van der Waals surface area contributed by atoms with E-state index in [9.17, 15) is 14.4 Å². The van der Waals surface area contributed by atoms with Gasteiger partial charge in [-0.3, -0.25) is 9.78 Å². The van der Waals surface area contributed by atoms with E-state index in [0.29, 0.717) is 24.8 Å². The summed E-state index contributed by atoms with van der Waals surface area (Å²) in [6.45, 7) is 0. The molecule has 2 atom stereocenters. The SMILES string of the molecule is COC(=O)c1ccccc1[C@H]1CCC[C@@](NC(=O)c2ccccn2)(C(=O)OC)C1. The standard InChI is InChI=1S/C22H24N2O5/c1-28-20(26)17-10-4-3-9-16(17)15-8-7-12-22(14-15,21(27)29-2)24-19(25)18-11-5-6-13-23-18/h3-6,9-11,13,15H,7-8,12,14H2,1-2H3,(H,24,25)/t15-,22-/m0/s1. The number of pyridine rings is 1. The smallest absolute Gasteiger partial charge is 0.338 e. The topological polar surface area (TPSA) is 94.6 Å². The molecule has 1 amide bonds. The third-order valence-corrected chi connectivity index (χ3v) is 5.38. The van der Waals surface area contributed by atoms with E-state index in [0.717, 1.165) is 12.0 Å². The van der Waals surface area contributed by atoms with E-state index in [1.807, 2.05) is 12.1 Å². The Kier molecular flexibility index (Phi) is 6.26. The van der Waals surface area contributed by atoms with Crippen molar-refractivity contribution in [2.75, 3.05) is 14.2 Å². The zero-order valence-electron chi connectivity index (χ0n) is 16.5. The highest BCUT2D eigenvalue weighted by Crippen LogP contribution is 2.40. The van der Waals surface area contributed by atoms with Crippen molar-refractivity contribution in [1.29, 1.82) is 0 Å². The Labute approximate surface area is 169 Å². The van der Waals surface area contributed by atoms with Gasteiger partial charge >= 0.3 is 11.9 Å². The Bertz CT molecular complexity index is 899. The third kappa shape index (κ3) is 4.29. The zero-order chi connectivity index (χ0) is 20.9. The van der Waals surface area contributed by atoms with Gasteiger partial charge in [0.1, 0.15) is 11.2 Å². The number of aromatic nitrogens is 1. The third-order valence-electron chi connectivity index (χ3n) is 5.38. The second kappa shape index (κ2) is 8.86. The second-order valence-corrected chi connectivity index (χ2v) is 7.11. The molecule has 0 bridgehead atoms. The van der Waals surface area contributed by atoms with E-state index < -0.39 is 23.4 Å². The summed E-state index contributed by atoms with van der Waals surface area (Å²) in [4.78, 5) is 41.8. The first-order chi connectivity index (χ1) is 14.0. The number of hydrogen-bond donors (Lipinski definition) is 1. The molecule has 0 radical (unpaired) electrons. The van der Waals surface area contributed by atoms with Crippen molar-refractivity contribution in [3.63, 3.8) is 0 Å². The summed E-state index contributed by atoms with van der Waals surface area (Å²) in [7, 11) is 2.65. The summed E-state index contributed by atoms with van der Waals surface area (Å²) in [5, 5.41) is 2.87. The highest BCUT2D eigenvalue weighted by atomic mass is 16.5. The molecular weight excluding hydrogens is 372 g/mol. The molecule has 7 nitrogen and oxygen atoms in total. The van der Waals surface area contributed by atoms with Crippen molar-refractivity contribution in [3.8, 4) is 0 Å². The first-order valence-corrected chi connectivity index (χ1v) is 9.50. The molecule has 7 heteroatoms. The molecule has 0 saturated heterocycles. The predicted molar refractivity (Wildman–Crippen MR) is 105 cm³/mol. The summed E-state index contributed by atoms with van der Waals surface area (Å²) < 4.78 is 9.95. The van der Waals surface area contributed by atoms with Crippen LogP contribution >= 0.6 is 0 Å². The van der Waals surface area contributed by atoms with Crippen molar-refractivity contribution in [3.05, 3.63) is 65.5 Å². The zero-order valence-corrected chi connectivity index (χ0v) is 16.5. The number of methoxy groups -OCH3 is 2. The fourth-order valence-electron chi connectivity index (χ4n) is 4.01.